The van der Waals surface area contributed by atoms with Crippen LogP contribution in [0.1, 0.15) is 44.9 Å². The number of carbonyl (C=O) groups excluding carboxylic acids is 1. The van der Waals surface area contributed by atoms with E-state index in [0.717, 1.165) is 32.1 Å². The van der Waals surface area contributed by atoms with Crippen molar-refractivity contribution in [1.82, 2.24) is 0 Å². The van der Waals surface area contributed by atoms with Crippen LogP contribution in [-0.2, 0) is 28.5 Å². The smallest absolute Gasteiger partial charge is 0.305 e. The molecule has 0 aromatic heterocycles. The van der Waals surface area contributed by atoms with E-state index in [4.69, 9.17) is 24.5 Å². The average molecular weight is 554 g/mol. The van der Waals surface area contributed by atoms with E-state index in [9.17, 15) is 40.5 Å². The predicted octanol–water partition coefficient (Wildman–Crippen LogP) is -1.83. The highest BCUT2D eigenvalue weighted by Crippen LogP contribution is 2.31. The third-order valence-electron chi connectivity index (χ3n) is 6.47. The van der Waals surface area contributed by atoms with Crippen LogP contribution in [0, 0.1) is 0 Å². The van der Waals surface area contributed by atoms with Crippen molar-refractivity contribution >= 4 is 5.97 Å². The Morgan fingerprint density at radius 3 is 2.21 bits per heavy atom. The number of esters is 1. The summed E-state index contributed by atoms with van der Waals surface area (Å²) in [4.78, 5) is 13.6. The van der Waals surface area contributed by atoms with Gasteiger partial charge in [0, 0.05) is 17.9 Å². The van der Waals surface area contributed by atoms with Crippen molar-refractivity contribution in [2.24, 2.45) is 5.11 Å². The highest BCUT2D eigenvalue weighted by atomic mass is 16.8. The van der Waals surface area contributed by atoms with Gasteiger partial charge in [-0.25, -0.2) is 0 Å². The van der Waals surface area contributed by atoms with Crippen molar-refractivity contribution in [3.63, 3.8) is 0 Å². The van der Waals surface area contributed by atoms with Crippen molar-refractivity contribution in [3.05, 3.63) is 10.4 Å². The number of hydrogen-bond acceptors (Lipinski definition) is 14. The van der Waals surface area contributed by atoms with Gasteiger partial charge >= 0.3 is 5.97 Å². The van der Waals surface area contributed by atoms with E-state index in [1.54, 1.807) is 0 Å². The Kier molecular flexibility index (Phi) is 14.1. The van der Waals surface area contributed by atoms with Crippen molar-refractivity contribution in [2.45, 2.75) is 113 Å². The topological polar surface area (TPSA) is 254 Å². The maximum Gasteiger partial charge on any atom is 0.305 e. The zero-order valence-electron chi connectivity index (χ0n) is 21.1. The van der Waals surface area contributed by atoms with Crippen LogP contribution in [0.4, 0.5) is 0 Å². The highest BCUT2D eigenvalue weighted by Gasteiger charge is 2.52. The monoisotopic (exact) mass is 553 g/mol. The normalized spacial score (nSPS) is 36.3. The Hall–Kier alpha value is -1.66. The molecular weight excluding hydrogens is 514 g/mol. The Bertz CT molecular complexity index is 756. The maximum atomic E-state index is 11.1. The molecule has 16 nitrogen and oxygen atoms in total. The zero-order chi connectivity index (χ0) is 28.2. The van der Waals surface area contributed by atoms with Gasteiger partial charge in [0.2, 0.25) is 0 Å². The Balaban J connectivity index is 1.98. The first-order chi connectivity index (χ1) is 18.2. The molecule has 0 bridgehead atoms. The molecular formula is C22H39N3O13. The molecule has 0 spiro atoms. The van der Waals surface area contributed by atoms with Crippen LogP contribution in [0.2, 0.25) is 0 Å². The van der Waals surface area contributed by atoms with Crippen LogP contribution < -0.4 is 0 Å². The Labute approximate surface area is 219 Å². The van der Waals surface area contributed by atoms with Crippen molar-refractivity contribution in [3.8, 4) is 0 Å². The number of nitrogens with zero attached hydrogens (tertiary/aromatic N) is 3. The van der Waals surface area contributed by atoms with Gasteiger partial charge in [0.25, 0.3) is 0 Å². The molecule has 2 fully saturated rings. The molecule has 2 rings (SSSR count). The van der Waals surface area contributed by atoms with E-state index in [1.807, 2.05) is 0 Å². The third-order valence-corrected chi connectivity index (χ3v) is 6.47. The number of carbonyl (C=O) groups is 1. The summed E-state index contributed by atoms with van der Waals surface area (Å²) in [6, 6.07) is 0. The molecule has 38 heavy (non-hydrogen) atoms. The lowest BCUT2D eigenvalue weighted by atomic mass is 9.96. The summed E-state index contributed by atoms with van der Waals surface area (Å²) in [5.41, 5.74) is 8.61. The van der Waals surface area contributed by atoms with E-state index >= 15 is 0 Å². The minimum atomic E-state index is -1.87. The van der Waals surface area contributed by atoms with Gasteiger partial charge in [-0.2, -0.15) is 0 Å². The molecule has 2 heterocycles. The first-order valence-corrected chi connectivity index (χ1v) is 12.5. The maximum absolute atomic E-state index is 11.1. The molecule has 2 aliphatic heterocycles. The number of ether oxygens (including phenoxy) is 5. The molecule has 16 heteroatoms. The van der Waals surface area contributed by atoms with Gasteiger partial charge < -0.3 is 59.4 Å². The van der Waals surface area contributed by atoms with Crippen LogP contribution in [0.5, 0.6) is 0 Å². The summed E-state index contributed by atoms with van der Waals surface area (Å²) in [6.45, 7) is -0.602. The van der Waals surface area contributed by atoms with Crippen LogP contribution in [-0.4, -0.2) is 130 Å². The minimum absolute atomic E-state index is 0.106. The van der Waals surface area contributed by atoms with Crippen LogP contribution in [0.3, 0.4) is 0 Å². The molecule has 7 N–H and O–H groups in total. The number of hydrogen-bond donors (Lipinski definition) is 7. The number of unbranched alkanes of at least 4 members (excludes halogenated alkanes) is 5. The van der Waals surface area contributed by atoms with Crippen LogP contribution in [0.25, 0.3) is 10.4 Å². The van der Waals surface area contributed by atoms with Gasteiger partial charge in [-0.15, -0.1) is 0 Å². The Morgan fingerprint density at radius 1 is 0.921 bits per heavy atom. The summed E-state index contributed by atoms with van der Waals surface area (Å²) in [6.07, 6.45) is -13.1. The summed E-state index contributed by atoms with van der Waals surface area (Å²) >= 11 is 0. The fraction of sp³-hybridized carbons (Fsp3) is 0.955. The molecule has 0 radical (unpaired) electrons. The zero-order valence-corrected chi connectivity index (χ0v) is 21.1. The second-order valence-corrected chi connectivity index (χ2v) is 9.19. The van der Waals surface area contributed by atoms with Crippen molar-refractivity contribution in [1.29, 1.82) is 0 Å². The molecule has 0 aromatic rings. The number of aliphatic hydroxyl groups is 7. The Morgan fingerprint density at radius 2 is 1.58 bits per heavy atom. The van der Waals surface area contributed by atoms with Gasteiger partial charge in [-0.1, -0.05) is 30.8 Å². The molecule has 0 saturated carbocycles. The van der Waals surface area contributed by atoms with Crippen LogP contribution in [0.15, 0.2) is 5.11 Å². The lowest BCUT2D eigenvalue weighted by Crippen LogP contribution is -2.65. The van der Waals surface area contributed by atoms with Crippen LogP contribution >= 0.6 is 0 Å². The highest BCUT2D eigenvalue weighted by molar-refractivity contribution is 5.68. The van der Waals surface area contributed by atoms with E-state index in [2.05, 4.69) is 14.8 Å². The first-order valence-electron chi connectivity index (χ1n) is 12.5. The SMILES string of the molecule is COC(=O)CCCCCCCCO[C@H]1O[C@H](C(O)N=[N+]=[N-])[C@@H](O)[C@H](O)[C@H]1O[C@H]1O[C@H](CO)[C@@H](O)[C@H](O)[C@H]1O. The lowest BCUT2D eigenvalue weighted by molar-refractivity contribution is -0.370. The first kappa shape index (κ1) is 32.6. The van der Waals surface area contributed by atoms with Gasteiger partial charge in [-0.05, 0) is 18.4 Å². The van der Waals surface area contributed by atoms with Crippen molar-refractivity contribution in [2.75, 3.05) is 20.3 Å². The molecule has 2 saturated heterocycles. The number of aliphatic hydroxyl groups excluding tert-OH is 7. The second-order valence-electron chi connectivity index (χ2n) is 9.19. The molecule has 11 atom stereocenters. The summed E-state index contributed by atoms with van der Waals surface area (Å²) < 4.78 is 26.7. The molecule has 0 aromatic carbocycles. The largest absolute Gasteiger partial charge is 0.469 e. The van der Waals surface area contributed by atoms with E-state index in [-0.39, 0.29) is 12.6 Å². The number of methoxy groups -OCH3 is 1. The second kappa shape index (κ2) is 16.4. The molecule has 0 aliphatic carbocycles. The van der Waals surface area contributed by atoms with Crippen molar-refractivity contribution < 1.29 is 64.2 Å². The van der Waals surface area contributed by atoms with E-state index in [0.29, 0.717) is 12.8 Å². The minimum Gasteiger partial charge on any atom is -0.469 e. The summed E-state index contributed by atoms with van der Waals surface area (Å²) in [5.74, 6) is -0.248. The van der Waals surface area contributed by atoms with Gasteiger partial charge in [0.15, 0.2) is 18.8 Å². The predicted molar refractivity (Wildman–Crippen MR) is 125 cm³/mol. The molecule has 0 amide bonds. The fourth-order valence-electron chi connectivity index (χ4n) is 4.22. The molecule has 1 unspecified atom stereocenters. The van der Waals surface area contributed by atoms with Gasteiger partial charge in [-0.3, -0.25) is 4.79 Å². The van der Waals surface area contributed by atoms with Gasteiger partial charge in [0.05, 0.1) is 13.7 Å². The quantitative estimate of drug-likeness (QED) is 0.0387. The number of rotatable bonds is 15. The molecule has 220 valence electrons. The fourth-order valence-corrected chi connectivity index (χ4v) is 4.22. The van der Waals surface area contributed by atoms with E-state index < -0.39 is 74.2 Å². The summed E-state index contributed by atoms with van der Waals surface area (Å²) in [5, 5.41) is 74.0. The standard InChI is InChI=1S/C22H39N3O13/c1-34-12(27)8-6-4-2-3-5-7-9-35-22-19(16(31)15(30)18(37-22)20(33)24-25-23)38-21-17(32)14(29)13(28)11(10-26)36-21/h11,13-22,26,28-33H,2-10H2,1H3/t11-,13-,14+,15+,16+,17-,18+,19-,20?,21-,22+/m1/s1. The van der Waals surface area contributed by atoms with E-state index in [1.165, 1.54) is 7.11 Å². The average Bonchev–Trinajstić information content (AvgIpc) is 2.91. The lowest BCUT2D eigenvalue weighted by Gasteiger charge is -2.46. The third kappa shape index (κ3) is 8.94. The summed E-state index contributed by atoms with van der Waals surface area (Å²) in [7, 11) is 1.34. The van der Waals surface area contributed by atoms with Gasteiger partial charge in [0.1, 0.15) is 48.8 Å². The number of azide groups is 1. The molecule has 2 aliphatic rings.